The zero-order chi connectivity index (χ0) is 18.4. The van der Waals surface area contributed by atoms with Crippen LogP contribution in [0.3, 0.4) is 0 Å². The van der Waals surface area contributed by atoms with E-state index in [2.05, 4.69) is 5.32 Å². The van der Waals surface area contributed by atoms with E-state index in [1.807, 2.05) is 6.92 Å². The fourth-order valence-electron chi connectivity index (χ4n) is 2.88. The maximum absolute atomic E-state index is 12.4. The van der Waals surface area contributed by atoms with Crippen LogP contribution in [-0.4, -0.2) is 62.4 Å². The van der Waals surface area contributed by atoms with Crippen LogP contribution in [0.5, 0.6) is 0 Å². The van der Waals surface area contributed by atoms with Crippen LogP contribution in [0.2, 0.25) is 0 Å². The van der Waals surface area contributed by atoms with Crippen LogP contribution >= 0.6 is 0 Å². The minimum atomic E-state index is -3.03. The first-order valence-corrected chi connectivity index (χ1v) is 10.2. The molecule has 1 fully saturated rings. The number of benzene rings is 1. The average molecular weight is 368 g/mol. The minimum absolute atomic E-state index is 0.0425. The van der Waals surface area contributed by atoms with Crippen molar-refractivity contribution < 1.29 is 22.7 Å². The second-order valence-electron chi connectivity index (χ2n) is 5.89. The molecule has 2 rings (SSSR count). The molecule has 0 aliphatic carbocycles. The van der Waals surface area contributed by atoms with Crippen molar-refractivity contribution in [3.8, 4) is 0 Å². The Bertz CT molecular complexity index is 715. The summed E-state index contributed by atoms with van der Waals surface area (Å²) in [6, 6.07) is 6.43. The lowest BCUT2D eigenvalue weighted by Crippen LogP contribution is -2.43. The Labute approximate surface area is 148 Å². The molecule has 1 atom stereocenters. The van der Waals surface area contributed by atoms with Gasteiger partial charge in [-0.15, -0.1) is 0 Å². The van der Waals surface area contributed by atoms with Gasteiger partial charge in [0.05, 0.1) is 30.2 Å². The van der Waals surface area contributed by atoms with Crippen molar-refractivity contribution in [2.45, 2.75) is 26.3 Å². The highest BCUT2D eigenvalue weighted by atomic mass is 32.2. The quantitative estimate of drug-likeness (QED) is 0.730. The SMILES string of the molecule is CCOC(=O)c1ccc(NCC(=O)N(CC)C2CCS(=O)(=O)C2)cc1. The third kappa shape index (κ3) is 5.19. The lowest BCUT2D eigenvalue weighted by Gasteiger charge is -2.27. The summed E-state index contributed by atoms with van der Waals surface area (Å²) < 4.78 is 28.1. The monoisotopic (exact) mass is 368 g/mol. The summed E-state index contributed by atoms with van der Waals surface area (Å²) in [6.45, 7) is 4.45. The van der Waals surface area contributed by atoms with Gasteiger partial charge in [0.25, 0.3) is 0 Å². The molecule has 1 amide bonds. The smallest absolute Gasteiger partial charge is 0.338 e. The van der Waals surface area contributed by atoms with Crippen molar-refractivity contribution in [2.75, 3.05) is 36.5 Å². The van der Waals surface area contributed by atoms with E-state index in [0.29, 0.717) is 30.8 Å². The zero-order valence-corrected chi connectivity index (χ0v) is 15.3. The summed E-state index contributed by atoms with van der Waals surface area (Å²) in [5, 5.41) is 3.01. The summed E-state index contributed by atoms with van der Waals surface area (Å²) in [4.78, 5) is 25.6. The Balaban J connectivity index is 1.91. The van der Waals surface area contributed by atoms with Gasteiger partial charge in [-0.3, -0.25) is 4.79 Å². The first-order valence-electron chi connectivity index (χ1n) is 8.37. The van der Waals surface area contributed by atoms with Crippen molar-refractivity contribution >= 4 is 27.4 Å². The molecule has 138 valence electrons. The van der Waals surface area contributed by atoms with Crippen LogP contribution in [0.25, 0.3) is 0 Å². The molecule has 1 N–H and O–H groups in total. The predicted octanol–water partition coefficient (Wildman–Crippen LogP) is 1.31. The number of rotatable bonds is 7. The van der Waals surface area contributed by atoms with Gasteiger partial charge in [-0.05, 0) is 44.5 Å². The molecule has 1 heterocycles. The van der Waals surface area contributed by atoms with Crippen molar-refractivity contribution in [2.24, 2.45) is 0 Å². The molecule has 7 nitrogen and oxygen atoms in total. The number of anilines is 1. The average Bonchev–Trinajstić information content (AvgIpc) is 2.94. The number of esters is 1. The molecule has 1 unspecified atom stereocenters. The van der Waals surface area contributed by atoms with Crippen LogP contribution in [0.1, 0.15) is 30.6 Å². The van der Waals surface area contributed by atoms with Crippen LogP contribution in [-0.2, 0) is 19.4 Å². The van der Waals surface area contributed by atoms with E-state index in [1.165, 1.54) is 0 Å². The van der Waals surface area contributed by atoms with Gasteiger partial charge in [0.2, 0.25) is 5.91 Å². The molecule has 0 bridgehead atoms. The second kappa shape index (κ2) is 8.33. The van der Waals surface area contributed by atoms with Crippen LogP contribution in [0.15, 0.2) is 24.3 Å². The maximum Gasteiger partial charge on any atom is 0.338 e. The molecule has 0 spiro atoms. The number of amides is 1. The van der Waals surface area contributed by atoms with Crippen molar-refractivity contribution in [3.63, 3.8) is 0 Å². The normalized spacial score (nSPS) is 18.6. The number of carbonyl (C=O) groups is 2. The highest BCUT2D eigenvalue weighted by molar-refractivity contribution is 7.91. The molecular weight excluding hydrogens is 344 g/mol. The van der Waals surface area contributed by atoms with E-state index in [1.54, 1.807) is 36.1 Å². The molecule has 1 aromatic carbocycles. The molecule has 1 aliphatic heterocycles. The molecule has 1 aromatic rings. The fraction of sp³-hybridized carbons (Fsp3) is 0.529. The van der Waals surface area contributed by atoms with E-state index in [-0.39, 0.29) is 36.0 Å². The Morgan fingerprint density at radius 2 is 1.92 bits per heavy atom. The zero-order valence-electron chi connectivity index (χ0n) is 14.5. The number of carbonyl (C=O) groups excluding carboxylic acids is 2. The summed E-state index contributed by atoms with van der Waals surface area (Å²) in [6.07, 6.45) is 0.496. The third-order valence-corrected chi connectivity index (χ3v) is 5.90. The molecule has 1 saturated heterocycles. The first-order chi connectivity index (χ1) is 11.9. The molecule has 0 saturated carbocycles. The Morgan fingerprint density at radius 3 is 2.44 bits per heavy atom. The number of likely N-dealkylation sites (N-methyl/N-ethyl adjacent to an activating group) is 1. The summed E-state index contributed by atoms with van der Waals surface area (Å²) in [5.41, 5.74) is 1.15. The second-order valence-corrected chi connectivity index (χ2v) is 8.12. The largest absolute Gasteiger partial charge is 0.462 e. The van der Waals surface area contributed by atoms with Crippen molar-refractivity contribution in [1.29, 1.82) is 0 Å². The number of nitrogens with one attached hydrogen (secondary N) is 1. The number of nitrogens with zero attached hydrogens (tertiary/aromatic N) is 1. The number of hydrogen-bond donors (Lipinski definition) is 1. The Hall–Kier alpha value is -2.09. The minimum Gasteiger partial charge on any atom is -0.462 e. The Morgan fingerprint density at radius 1 is 1.24 bits per heavy atom. The topological polar surface area (TPSA) is 92.8 Å². The van der Waals surface area contributed by atoms with Crippen LogP contribution < -0.4 is 5.32 Å². The van der Waals surface area contributed by atoms with Crippen molar-refractivity contribution in [1.82, 2.24) is 4.90 Å². The fourth-order valence-corrected chi connectivity index (χ4v) is 4.61. The van der Waals surface area contributed by atoms with E-state index >= 15 is 0 Å². The van der Waals surface area contributed by atoms with E-state index < -0.39 is 9.84 Å². The lowest BCUT2D eigenvalue weighted by molar-refractivity contribution is -0.130. The van der Waals surface area contributed by atoms with Gasteiger partial charge < -0.3 is 15.0 Å². The Kier molecular flexibility index (Phi) is 6.41. The lowest BCUT2D eigenvalue weighted by atomic mass is 10.2. The number of hydrogen-bond acceptors (Lipinski definition) is 6. The summed E-state index contributed by atoms with van der Waals surface area (Å²) in [5.74, 6) is -0.339. The molecule has 0 radical (unpaired) electrons. The first kappa shape index (κ1) is 19.2. The van der Waals surface area contributed by atoms with Gasteiger partial charge in [0, 0.05) is 18.3 Å². The van der Waals surface area contributed by atoms with Crippen LogP contribution in [0, 0.1) is 0 Å². The third-order valence-electron chi connectivity index (χ3n) is 4.15. The molecular formula is C17H24N2O5S. The molecule has 1 aliphatic rings. The van der Waals surface area contributed by atoms with Gasteiger partial charge in [0.15, 0.2) is 9.84 Å². The predicted molar refractivity (Wildman–Crippen MR) is 95.3 cm³/mol. The maximum atomic E-state index is 12.4. The van der Waals surface area contributed by atoms with Gasteiger partial charge in [-0.1, -0.05) is 0 Å². The standard InChI is InChI=1S/C17H24N2O5S/c1-3-19(15-9-10-25(22,23)12-15)16(20)11-18-14-7-5-13(6-8-14)17(21)24-4-2/h5-8,15,18H,3-4,9-12H2,1-2H3. The molecule has 0 aromatic heterocycles. The van der Waals surface area contributed by atoms with E-state index in [4.69, 9.17) is 4.74 Å². The van der Waals surface area contributed by atoms with Gasteiger partial charge in [-0.2, -0.15) is 0 Å². The number of ether oxygens (including phenoxy) is 1. The van der Waals surface area contributed by atoms with E-state index in [9.17, 15) is 18.0 Å². The summed E-state index contributed by atoms with van der Waals surface area (Å²) >= 11 is 0. The van der Waals surface area contributed by atoms with Gasteiger partial charge in [0.1, 0.15) is 0 Å². The van der Waals surface area contributed by atoms with E-state index in [0.717, 1.165) is 0 Å². The highest BCUT2D eigenvalue weighted by Crippen LogP contribution is 2.18. The van der Waals surface area contributed by atoms with Gasteiger partial charge >= 0.3 is 5.97 Å². The van der Waals surface area contributed by atoms with Crippen molar-refractivity contribution in [3.05, 3.63) is 29.8 Å². The number of sulfone groups is 1. The molecule has 25 heavy (non-hydrogen) atoms. The molecule has 8 heteroatoms. The van der Waals surface area contributed by atoms with Gasteiger partial charge in [-0.25, -0.2) is 13.2 Å². The summed E-state index contributed by atoms with van der Waals surface area (Å²) in [7, 11) is -3.03. The van der Waals surface area contributed by atoms with Crippen LogP contribution in [0.4, 0.5) is 5.69 Å². The highest BCUT2D eigenvalue weighted by Gasteiger charge is 2.33.